The summed E-state index contributed by atoms with van der Waals surface area (Å²) in [5, 5.41) is 4.58. The molecule has 0 amide bonds. The fraction of sp³-hybridized carbons (Fsp3) is 0.800. The van der Waals surface area contributed by atoms with Crippen molar-refractivity contribution in [2.45, 2.75) is 51.6 Å². The van der Waals surface area contributed by atoms with Crippen LogP contribution in [-0.4, -0.2) is 40.5 Å². The third kappa shape index (κ3) is 2.32. The van der Waals surface area contributed by atoms with Gasteiger partial charge in [-0.05, 0) is 26.7 Å². The molecule has 2 aliphatic rings. The molecular formula is C15H25N3O. The molecule has 106 valence electrons. The van der Waals surface area contributed by atoms with Gasteiger partial charge >= 0.3 is 0 Å². The first kappa shape index (κ1) is 13.1. The number of hydrogen-bond donors (Lipinski definition) is 0. The third-order valence-corrected chi connectivity index (χ3v) is 4.86. The maximum Gasteiger partial charge on any atom is 0.0665 e. The Balaban J connectivity index is 1.91. The van der Waals surface area contributed by atoms with Crippen molar-refractivity contribution in [2.24, 2.45) is 7.05 Å². The third-order valence-electron chi connectivity index (χ3n) is 4.86. The van der Waals surface area contributed by atoms with Crippen molar-refractivity contribution < 1.29 is 4.74 Å². The van der Waals surface area contributed by atoms with Gasteiger partial charge in [0.25, 0.3) is 0 Å². The molecular weight excluding hydrogens is 238 g/mol. The van der Waals surface area contributed by atoms with E-state index in [2.05, 4.69) is 23.8 Å². The van der Waals surface area contributed by atoms with Crippen LogP contribution in [0.4, 0.5) is 0 Å². The highest BCUT2D eigenvalue weighted by atomic mass is 16.5. The number of morpholine rings is 1. The molecule has 0 bridgehead atoms. The van der Waals surface area contributed by atoms with Crippen molar-refractivity contribution in [2.75, 3.05) is 19.8 Å². The van der Waals surface area contributed by atoms with E-state index in [0.29, 0.717) is 6.04 Å². The van der Waals surface area contributed by atoms with Crippen LogP contribution in [0.1, 0.15) is 48.7 Å². The molecule has 1 aromatic rings. The highest BCUT2D eigenvalue weighted by Gasteiger charge is 2.34. The van der Waals surface area contributed by atoms with E-state index < -0.39 is 0 Å². The Labute approximate surface area is 115 Å². The van der Waals surface area contributed by atoms with Gasteiger partial charge in [0.1, 0.15) is 0 Å². The van der Waals surface area contributed by atoms with Crippen molar-refractivity contribution in [1.82, 2.24) is 14.7 Å². The molecule has 1 atom stereocenters. The van der Waals surface area contributed by atoms with Gasteiger partial charge in [0.2, 0.25) is 0 Å². The van der Waals surface area contributed by atoms with Crippen molar-refractivity contribution >= 4 is 0 Å². The molecule has 1 aliphatic heterocycles. The van der Waals surface area contributed by atoms with Crippen LogP contribution in [0.5, 0.6) is 0 Å². The van der Waals surface area contributed by atoms with Gasteiger partial charge in [-0.1, -0.05) is 12.8 Å². The lowest BCUT2D eigenvalue weighted by Crippen LogP contribution is -2.45. The summed E-state index contributed by atoms with van der Waals surface area (Å²) in [4.78, 5) is 2.69. The van der Waals surface area contributed by atoms with Crippen molar-refractivity contribution in [3.63, 3.8) is 0 Å². The van der Waals surface area contributed by atoms with Crippen molar-refractivity contribution in [1.29, 1.82) is 0 Å². The van der Waals surface area contributed by atoms with Crippen LogP contribution in [-0.2, 0) is 11.8 Å². The molecule has 1 aromatic heterocycles. The highest BCUT2D eigenvalue weighted by Crippen LogP contribution is 2.35. The average molecular weight is 263 g/mol. The minimum atomic E-state index is 0.408. The smallest absolute Gasteiger partial charge is 0.0665 e. The largest absolute Gasteiger partial charge is 0.378 e. The quantitative estimate of drug-likeness (QED) is 0.820. The van der Waals surface area contributed by atoms with Crippen LogP contribution in [0.15, 0.2) is 0 Å². The van der Waals surface area contributed by atoms with Crippen LogP contribution < -0.4 is 0 Å². The summed E-state index contributed by atoms with van der Waals surface area (Å²) in [5.74, 6) is 0. The predicted octanol–water partition coefficient (Wildman–Crippen LogP) is 2.35. The maximum atomic E-state index is 5.77. The van der Waals surface area contributed by atoms with Crippen LogP contribution in [0.25, 0.3) is 0 Å². The van der Waals surface area contributed by atoms with Crippen LogP contribution >= 0.6 is 0 Å². The van der Waals surface area contributed by atoms with E-state index >= 15 is 0 Å². The number of aromatic nitrogens is 2. The van der Waals surface area contributed by atoms with E-state index in [1.165, 1.54) is 42.6 Å². The number of hydrogen-bond acceptors (Lipinski definition) is 3. The molecule has 2 fully saturated rings. The zero-order valence-electron chi connectivity index (χ0n) is 12.4. The van der Waals surface area contributed by atoms with Gasteiger partial charge in [-0.15, -0.1) is 0 Å². The lowest BCUT2D eigenvalue weighted by molar-refractivity contribution is -0.0294. The lowest BCUT2D eigenvalue weighted by atomic mass is 10.00. The molecule has 0 N–H and O–H groups in total. The van der Waals surface area contributed by atoms with E-state index in [9.17, 15) is 0 Å². The Kier molecular flexibility index (Phi) is 3.63. The summed E-state index contributed by atoms with van der Waals surface area (Å²) in [6.07, 6.45) is 5.49. The second kappa shape index (κ2) is 5.25. The minimum Gasteiger partial charge on any atom is -0.378 e. The number of nitrogens with zero attached hydrogens (tertiary/aromatic N) is 3. The van der Waals surface area contributed by atoms with Gasteiger partial charge < -0.3 is 4.74 Å². The standard InChI is InChI=1S/C15H25N3O/c1-11-15(12(2)17(3)16-11)14-10-19-9-8-18(14)13-6-4-5-7-13/h13-14H,4-10H2,1-3H3. The fourth-order valence-corrected chi connectivity index (χ4v) is 3.81. The normalized spacial score (nSPS) is 26.2. The van der Waals surface area contributed by atoms with Gasteiger partial charge in [-0.3, -0.25) is 9.58 Å². The zero-order valence-corrected chi connectivity index (χ0v) is 12.4. The van der Waals surface area contributed by atoms with Crippen molar-refractivity contribution in [3.05, 3.63) is 17.0 Å². The molecule has 1 saturated carbocycles. The zero-order chi connectivity index (χ0) is 13.4. The van der Waals surface area contributed by atoms with Crippen LogP contribution in [0.2, 0.25) is 0 Å². The van der Waals surface area contributed by atoms with E-state index in [4.69, 9.17) is 4.74 Å². The molecule has 2 heterocycles. The molecule has 1 unspecified atom stereocenters. The minimum absolute atomic E-state index is 0.408. The van der Waals surface area contributed by atoms with Gasteiger partial charge in [0, 0.05) is 30.9 Å². The first-order valence-corrected chi connectivity index (χ1v) is 7.52. The summed E-state index contributed by atoms with van der Waals surface area (Å²) in [6.45, 7) is 7.08. The Morgan fingerprint density at radius 2 is 1.95 bits per heavy atom. The Morgan fingerprint density at radius 1 is 1.21 bits per heavy atom. The van der Waals surface area contributed by atoms with Gasteiger partial charge in [-0.25, -0.2) is 0 Å². The Morgan fingerprint density at radius 3 is 2.58 bits per heavy atom. The monoisotopic (exact) mass is 263 g/mol. The summed E-state index contributed by atoms with van der Waals surface area (Å²) in [6, 6.07) is 1.17. The lowest BCUT2D eigenvalue weighted by Gasteiger charge is -2.40. The average Bonchev–Trinajstić information content (AvgIpc) is 3.00. The van der Waals surface area contributed by atoms with Gasteiger partial charge in [0.05, 0.1) is 24.9 Å². The molecule has 3 rings (SSSR count). The molecule has 19 heavy (non-hydrogen) atoms. The first-order valence-electron chi connectivity index (χ1n) is 7.52. The fourth-order valence-electron chi connectivity index (χ4n) is 3.81. The topological polar surface area (TPSA) is 30.3 Å². The summed E-state index contributed by atoms with van der Waals surface area (Å²) in [5.41, 5.74) is 3.85. The molecule has 1 aliphatic carbocycles. The SMILES string of the molecule is Cc1nn(C)c(C)c1C1COCCN1C1CCCC1. The molecule has 0 spiro atoms. The molecule has 1 saturated heterocycles. The number of ether oxygens (including phenoxy) is 1. The van der Waals surface area contributed by atoms with Crippen molar-refractivity contribution in [3.8, 4) is 0 Å². The molecule has 0 aromatic carbocycles. The van der Waals surface area contributed by atoms with Gasteiger partial charge in [-0.2, -0.15) is 5.10 Å². The maximum absolute atomic E-state index is 5.77. The van der Waals surface area contributed by atoms with Crippen LogP contribution in [0.3, 0.4) is 0 Å². The van der Waals surface area contributed by atoms with Crippen LogP contribution in [0, 0.1) is 13.8 Å². The Bertz CT molecular complexity index is 448. The van der Waals surface area contributed by atoms with E-state index in [1.54, 1.807) is 0 Å². The molecule has 4 heteroatoms. The van der Waals surface area contributed by atoms with E-state index in [0.717, 1.165) is 25.8 Å². The predicted molar refractivity (Wildman–Crippen MR) is 75.2 cm³/mol. The number of rotatable bonds is 2. The first-order chi connectivity index (χ1) is 9.18. The summed E-state index contributed by atoms with van der Waals surface area (Å²) in [7, 11) is 2.04. The molecule has 0 radical (unpaired) electrons. The summed E-state index contributed by atoms with van der Waals surface area (Å²) >= 11 is 0. The second-order valence-electron chi connectivity index (χ2n) is 5.97. The summed E-state index contributed by atoms with van der Waals surface area (Å²) < 4.78 is 7.77. The van der Waals surface area contributed by atoms with Gasteiger partial charge in [0.15, 0.2) is 0 Å². The Hall–Kier alpha value is -0.870. The second-order valence-corrected chi connectivity index (χ2v) is 5.97. The number of aryl methyl sites for hydroxylation is 2. The van der Waals surface area contributed by atoms with E-state index in [-0.39, 0.29) is 0 Å². The van der Waals surface area contributed by atoms with E-state index in [1.807, 2.05) is 11.7 Å². The molecule has 4 nitrogen and oxygen atoms in total. The highest BCUT2D eigenvalue weighted by molar-refractivity contribution is 5.29.